The molecule has 2 aromatic heterocycles. The number of anilines is 1. The molecule has 3 aromatic rings. The second-order valence-corrected chi connectivity index (χ2v) is 8.86. The van der Waals surface area contributed by atoms with Crippen molar-refractivity contribution in [3.05, 3.63) is 42.0 Å². The number of ether oxygens (including phenoxy) is 1. The SMILES string of the molecule is c1ccc(-c2csc3ncnc(N4CCC(OCCN5CCCC5)CC4)c23)cc1. The summed E-state index contributed by atoms with van der Waals surface area (Å²) in [6.07, 6.45) is 6.91. The van der Waals surface area contributed by atoms with Gasteiger partial charge in [0.2, 0.25) is 0 Å². The Morgan fingerprint density at radius 3 is 2.59 bits per heavy atom. The number of thiophene rings is 1. The van der Waals surface area contributed by atoms with Gasteiger partial charge in [-0.05, 0) is 44.3 Å². The molecule has 2 saturated heterocycles. The van der Waals surface area contributed by atoms with E-state index in [4.69, 9.17) is 9.72 Å². The molecule has 2 fully saturated rings. The van der Waals surface area contributed by atoms with Gasteiger partial charge >= 0.3 is 0 Å². The van der Waals surface area contributed by atoms with Crippen molar-refractivity contribution in [1.82, 2.24) is 14.9 Å². The zero-order valence-corrected chi connectivity index (χ0v) is 17.6. The fourth-order valence-electron chi connectivity index (χ4n) is 4.52. The molecule has 0 unspecified atom stereocenters. The zero-order chi connectivity index (χ0) is 19.5. The Hall–Kier alpha value is -2.02. The summed E-state index contributed by atoms with van der Waals surface area (Å²) in [5.41, 5.74) is 2.47. The molecular formula is C23H28N4OS. The van der Waals surface area contributed by atoms with E-state index in [9.17, 15) is 0 Å². The average Bonchev–Trinajstić information content (AvgIpc) is 3.45. The van der Waals surface area contributed by atoms with Crippen LogP contribution in [0, 0.1) is 0 Å². The molecule has 6 heteroatoms. The van der Waals surface area contributed by atoms with Crippen molar-refractivity contribution in [2.45, 2.75) is 31.8 Å². The van der Waals surface area contributed by atoms with E-state index in [0.29, 0.717) is 6.10 Å². The highest BCUT2D eigenvalue weighted by molar-refractivity contribution is 7.17. The molecule has 0 spiro atoms. The van der Waals surface area contributed by atoms with Gasteiger partial charge in [0, 0.05) is 30.6 Å². The molecule has 5 nitrogen and oxygen atoms in total. The number of rotatable bonds is 6. The van der Waals surface area contributed by atoms with Crippen LogP contribution in [0.5, 0.6) is 0 Å². The summed E-state index contributed by atoms with van der Waals surface area (Å²) in [7, 11) is 0. The summed E-state index contributed by atoms with van der Waals surface area (Å²) in [6, 6.07) is 10.6. The summed E-state index contributed by atoms with van der Waals surface area (Å²) >= 11 is 1.70. The van der Waals surface area contributed by atoms with Crippen LogP contribution in [0.25, 0.3) is 21.3 Å². The van der Waals surface area contributed by atoms with E-state index in [1.165, 1.54) is 42.4 Å². The van der Waals surface area contributed by atoms with Crippen LogP contribution < -0.4 is 4.90 Å². The van der Waals surface area contributed by atoms with Crippen molar-refractivity contribution < 1.29 is 4.74 Å². The molecule has 0 bridgehead atoms. The Bertz CT molecular complexity index is 930. The van der Waals surface area contributed by atoms with Crippen LogP contribution >= 0.6 is 11.3 Å². The van der Waals surface area contributed by atoms with E-state index in [0.717, 1.165) is 49.7 Å². The Morgan fingerprint density at radius 1 is 1.00 bits per heavy atom. The van der Waals surface area contributed by atoms with Crippen LogP contribution in [0.15, 0.2) is 42.0 Å². The van der Waals surface area contributed by atoms with Crippen LogP contribution in [0.2, 0.25) is 0 Å². The summed E-state index contributed by atoms with van der Waals surface area (Å²) in [5.74, 6) is 1.07. The number of hydrogen-bond acceptors (Lipinski definition) is 6. The first-order chi connectivity index (χ1) is 14.4. The molecule has 0 aliphatic carbocycles. The maximum absolute atomic E-state index is 6.20. The highest BCUT2D eigenvalue weighted by Gasteiger charge is 2.24. The quantitative estimate of drug-likeness (QED) is 0.603. The summed E-state index contributed by atoms with van der Waals surface area (Å²) in [4.78, 5) is 15.2. The minimum atomic E-state index is 0.377. The fourth-order valence-corrected chi connectivity index (χ4v) is 5.43. The number of aromatic nitrogens is 2. The maximum atomic E-state index is 6.20. The molecule has 2 aliphatic heterocycles. The smallest absolute Gasteiger partial charge is 0.141 e. The first kappa shape index (κ1) is 19.0. The molecule has 29 heavy (non-hydrogen) atoms. The Kier molecular flexibility index (Phi) is 5.74. The Labute approximate surface area is 176 Å². The first-order valence-corrected chi connectivity index (χ1v) is 11.6. The van der Waals surface area contributed by atoms with E-state index in [1.54, 1.807) is 17.7 Å². The number of fused-ring (bicyclic) bond motifs is 1. The van der Waals surface area contributed by atoms with Gasteiger partial charge in [-0.15, -0.1) is 11.3 Å². The first-order valence-electron chi connectivity index (χ1n) is 10.7. The lowest BCUT2D eigenvalue weighted by Gasteiger charge is -2.33. The van der Waals surface area contributed by atoms with Gasteiger partial charge in [-0.1, -0.05) is 30.3 Å². The molecule has 1 aromatic carbocycles. The number of nitrogens with zero attached hydrogens (tertiary/aromatic N) is 4. The molecule has 0 saturated carbocycles. The van der Waals surface area contributed by atoms with E-state index in [-0.39, 0.29) is 0 Å². The van der Waals surface area contributed by atoms with Gasteiger partial charge in [0.15, 0.2) is 0 Å². The van der Waals surface area contributed by atoms with E-state index < -0.39 is 0 Å². The molecule has 2 aliphatic rings. The van der Waals surface area contributed by atoms with Crippen molar-refractivity contribution in [3.63, 3.8) is 0 Å². The number of piperidine rings is 1. The van der Waals surface area contributed by atoms with Gasteiger partial charge in [0.05, 0.1) is 18.1 Å². The third-order valence-electron chi connectivity index (χ3n) is 6.14. The lowest BCUT2D eigenvalue weighted by molar-refractivity contribution is 0.0265. The van der Waals surface area contributed by atoms with Crippen molar-refractivity contribution in [2.75, 3.05) is 44.2 Å². The second-order valence-electron chi connectivity index (χ2n) is 8.00. The Balaban J connectivity index is 1.26. The average molecular weight is 409 g/mol. The molecule has 0 amide bonds. The molecule has 0 radical (unpaired) electrons. The minimum Gasteiger partial charge on any atom is -0.377 e. The van der Waals surface area contributed by atoms with E-state index in [1.807, 2.05) is 0 Å². The zero-order valence-electron chi connectivity index (χ0n) is 16.8. The van der Waals surface area contributed by atoms with Gasteiger partial charge in [0.25, 0.3) is 0 Å². The van der Waals surface area contributed by atoms with Gasteiger partial charge < -0.3 is 14.5 Å². The normalized spacial score (nSPS) is 18.7. The van der Waals surface area contributed by atoms with E-state index in [2.05, 4.69) is 50.5 Å². The lowest BCUT2D eigenvalue weighted by Crippen LogP contribution is -2.38. The van der Waals surface area contributed by atoms with Crippen LogP contribution in [0.1, 0.15) is 25.7 Å². The predicted molar refractivity (Wildman–Crippen MR) is 120 cm³/mol. The summed E-state index contributed by atoms with van der Waals surface area (Å²) in [5, 5.41) is 3.41. The predicted octanol–water partition coefficient (Wildman–Crippen LogP) is 4.44. The molecule has 152 valence electrons. The number of benzene rings is 1. The maximum Gasteiger partial charge on any atom is 0.141 e. The lowest BCUT2D eigenvalue weighted by atomic mass is 10.0. The standard InChI is InChI=1S/C23H28N4OS/c1-2-6-18(7-3-1)20-16-29-23-21(20)22(24-17-25-23)27-12-8-19(9-13-27)28-15-14-26-10-4-5-11-26/h1-3,6-7,16-17,19H,4-5,8-15H2. The van der Waals surface area contributed by atoms with Crippen molar-refractivity contribution in [2.24, 2.45) is 0 Å². The summed E-state index contributed by atoms with van der Waals surface area (Å²) < 4.78 is 6.20. The molecule has 5 rings (SSSR count). The third-order valence-corrected chi connectivity index (χ3v) is 7.02. The van der Waals surface area contributed by atoms with Gasteiger partial charge in [-0.25, -0.2) is 9.97 Å². The van der Waals surface area contributed by atoms with Crippen LogP contribution in [-0.2, 0) is 4.74 Å². The molecule has 0 atom stereocenters. The summed E-state index contributed by atoms with van der Waals surface area (Å²) in [6.45, 7) is 6.42. The fraction of sp³-hybridized carbons (Fsp3) is 0.478. The van der Waals surface area contributed by atoms with Crippen molar-refractivity contribution >= 4 is 27.4 Å². The van der Waals surface area contributed by atoms with Crippen molar-refractivity contribution in [1.29, 1.82) is 0 Å². The second kappa shape index (κ2) is 8.78. The van der Waals surface area contributed by atoms with Gasteiger partial charge in [0.1, 0.15) is 17.0 Å². The van der Waals surface area contributed by atoms with Crippen LogP contribution in [-0.4, -0.2) is 60.3 Å². The topological polar surface area (TPSA) is 41.5 Å². The van der Waals surface area contributed by atoms with Crippen molar-refractivity contribution in [3.8, 4) is 11.1 Å². The molecule has 4 heterocycles. The van der Waals surface area contributed by atoms with Gasteiger partial charge in [-0.2, -0.15) is 0 Å². The highest BCUT2D eigenvalue weighted by Crippen LogP contribution is 2.38. The minimum absolute atomic E-state index is 0.377. The Morgan fingerprint density at radius 2 is 1.79 bits per heavy atom. The highest BCUT2D eigenvalue weighted by atomic mass is 32.1. The third kappa shape index (κ3) is 4.15. The van der Waals surface area contributed by atoms with Crippen LogP contribution in [0.3, 0.4) is 0 Å². The molecule has 0 N–H and O–H groups in total. The van der Waals surface area contributed by atoms with E-state index >= 15 is 0 Å². The number of likely N-dealkylation sites (tertiary alicyclic amines) is 1. The van der Waals surface area contributed by atoms with Gasteiger partial charge in [-0.3, -0.25) is 0 Å². The molecular weight excluding hydrogens is 380 g/mol. The monoisotopic (exact) mass is 408 g/mol. The van der Waals surface area contributed by atoms with Crippen LogP contribution in [0.4, 0.5) is 5.82 Å². The largest absolute Gasteiger partial charge is 0.377 e. The number of hydrogen-bond donors (Lipinski definition) is 0.